The molecule has 7 nitrogen and oxygen atoms in total. The van der Waals surface area contributed by atoms with Gasteiger partial charge >= 0.3 is 6.03 Å². The van der Waals surface area contributed by atoms with Crippen molar-refractivity contribution in [3.05, 3.63) is 80.7 Å². The lowest BCUT2D eigenvalue weighted by atomic mass is 10.1. The van der Waals surface area contributed by atoms with Crippen LogP contribution in [0.5, 0.6) is 0 Å². The molecule has 0 saturated heterocycles. The highest BCUT2D eigenvalue weighted by Gasteiger charge is 2.16. The average molecular weight is 467 g/mol. The van der Waals surface area contributed by atoms with Gasteiger partial charge in [-0.15, -0.1) is 11.3 Å². The van der Waals surface area contributed by atoms with Crippen molar-refractivity contribution in [2.24, 2.45) is 0 Å². The molecule has 0 aliphatic carbocycles. The molecule has 0 bridgehead atoms. The molecule has 162 valence electrons. The first-order valence-electron chi connectivity index (χ1n) is 9.73. The number of fused-ring (bicyclic) bond motifs is 1. The van der Waals surface area contributed by atoms with Crippen LogP contribution < -0.4 is 16.2 Å². The second-order valence-electron chi connectivity index (χ2n) is 7.26. The highest BCUT2D eigenvalue weighted by molar-refractivity contribution is 7.17. The largest absolute Gasteiger partial charge is 0.325 e. The van der Waals surface area contributed by atoms with E-state index in [0.717, 1.165) is 22.3 Å². The SMILES string of the molecule is Cc1cccc(NC(=O)NC(=O)Cn2cnc3scc(-c4ccc(Cl)cc4)c3c2=O)c1C. The molecular formula is C23H19ClN4O3S. The predicted octanol–water partition coefficient (Wildman–Crippen LogP) is 4.74. The number of aromatic nitrogens is 2. The number of hydrogen-bond donors (Lipinski definition) is 2. The van der Waals surface area contributed by atoms with Crippen LogP contribution in [0, 0.1) is 13.8 Å². The second kappa shape index (κ2) is 8.94. The lowest BCUT2D eigenvalue weighted by Gasteiger charge is -2.11. The van der Waals surface area contributed by atoms with Crippen LogP contribution >= 0.6 is 22.9 Å². The van der Waals surface area contributed by atoms with Crippen LogP contribution in [0.15, 0.2) is 59.0 Å². The van der Waals surface area contributed by atoms with Gasteiger partial charge in [0.05, 0.1) is 11.7 Å². The summed E-state index contributed by atoms with van der Waals surface area (Å²) in [7, 11) is 0. The molecule has 3 amide bonds. The Morgan fingerprint density at radius 3 is 2.62 bits per heavy atom. The number of rotatable bonds is 4. The highest BCUT2D eigenvalue weighted by atomic mass is 35.5. The number of carbonyl (C=O) groups is 2. The van der Waals surface area contributed by atoms with Crippen molar-refractivity contribution in [1.29, 1.82) is 0 Å². The molecule has 0 saturated carbocycles. The molecule has 2 aromatic heterocycles. The maximum Gasteiger partial charge on any atom is 0.325 e. The van der Waals surface area contributed by atoms with Crippen LogP contribution in [0.1, 0.15) is 11.1 Å². The third-order valence-corrected chi connectivity index (χ3v) is 6.27. The molecule has 9 heteroatoms. The number of nitrogens with one attached hydrogen (secondary N) is 2. The molecule has 0 aliphatic heterocycles. The molecule has 0 fully saturated rings. The third kappa shape index (κ3) is 4.42. The van der Waals surface area contributed by atoms with Crippen molar-refractivity contribution in [3.8, 4) is 11.1 Å². The Kier molecular flexibility index (Phi) is 6.07. The number of hydrogen-bond acceptors (Lipinski definition) is 5. The molecule has 2 heterocycles. The van der Waals surface area contributed by atoms with E-state index in [1.165, 1.54) is 22.2 Å². The van der Waals surface area contributed by atoms with Gasteiger partial charge in [-0.25, -0.2) is 9.78 Å². The van der Waals surface area contributed by atoms with Gasteiger partial charge in [0.2, 0.25) is 5.91 Å². The minimum absolute atomic E-state index is 0.335. The number of halogens is 1. The minimum Gasteiger partial charge on any atom is -0.307 e. The Labute approximate surface area is 192 Å². The third-order valence-electron chi connectivity index (χ3n) is 5.14. The van der Waals surface area contributed by atoms with Crippen LogP contribution in [0.3, 0.4) is 0 Å². The van der Waals surface area contributed by atoms with Crippen molar-refractivity contribution < 1.29 is 9.59 Å². The minimum atomic E-state index is -0.664. The number of nitrogens with zero attached hydrogens (tertiary/aromatic N) is 2. The van der Waals surface area contributed by atoms with Gasteiger partial charge in [-0.05, 0) is 48.7 Å². The number of carbonyl (C=O) groups excluding carboxylic acids is 2. The zero-order valence-corrected chi connectivity index (χ0v) is 18.9. The average Bonchev–Trinajstić information content (AvgIpc) is 3.19. The molecular weight excluding hydrogens is 448 g/mol. The number of benzene rings is 2. The molecule has 32 heavy (non-hydrogen) atoms. The van der Waals surface area contributed by atoms with Crippen LogP contribution in [-0.4, -0.2) is 21.5 Å². The fraction of sp³-hybridized carbons (Fsp3) is 0.130. The van der Waals surface area contributed by atoms with Crippen molar-refractivity contribution in [2.45, 2.75) is 20.4 Å². The van der Waals surface area contributed by atoms with E-state index < -0.39 is 11.9 Å². The summed E-state index contributed by atoms with van der Waals surface area (Å²) in [6, 6.07) is 12.0. The van der Waals surface area contributed by atoms with Crippen LogP contribution in [-0.2, 0) is 11.3 Å². The normalized spacial score (nSPS) is 10.8. The highest BCUT2D eigenvalue weighted by Crippen LogP contribution is 2.31. The molecule has 2 aromatic carbocycles. The van der Waals surface area contributed by atoms with E-state index >= 15 is 0 Å². The number of thiophene rings is 1. The Morgan fingerprint density at radius 1 is 1.12 bits per heavy atom. The Bertz CT molecular complexity index is 1390. The predicted molar refractivity (Wildman–Crippen MR) is 127 cm³/mol. The topological polar surface area (TPSA) is 93.1 Å². The van der Waals surface area contributed by atoms with Crippen molar-refractivity contribution in [2.75, 3.05) is 5.32 Å². The molecule has 0 atom stereocenters. The standard InChI is InChI=1S/C23H19ClN4O3S/c1-13-4-3-5-18(14(13)2)26-23(31)27-19(29)10-28-12-25-21-20(22(28)30)17(11-32-21)15-6-8-16(24)9-7-15/h3-9,11-12H,10H2,1-2H3,(H2,26,27,29,31). The summed E-state index contributed by atoms with van der Waals surface area (Å²) in [5.41, 5.74) is 3.74. The van der Waals surface area contributed by atoms with E-state index in [0.29, 0.717) is 20.9 Å². The lowest BCUT2D eigenvalue weighted by Crippen LogP contribution is -2.38. The summed E-state index contributed by atoms with van der Waals surface area (Å²) in [4.78, 5) is 42.6. The summed E-state index contributed by atoms with van der Waals surface area (Å²) >= 11 is 7.31. The van der Waals surface area contributed by atoms with Crippen LogP contribution in [0.4, 0.5) is 10.5 Å². The smallest absolute Gasteiger partial charge is 0.307 e. The van der Waals surface area contributed by atoms with E-state index in [1.54, 1.807) is 18.2 Å². The van der Waals surface area contributed by atoms with Gasteiger partial charge in [0.15, 0.2) is 0 Å². The van der Waals surface area contributed by atoms with Gasteiger partial charge in [-0.2, -0.15) is 0 Å². The fourth-order valence-corrected chi connectivity index (χ4v) is 4.32. The van der Waals surface area contributed by atoms with E-state index in [1.807, 2.05) is 43.5 Å². The summed E-state index contributed by atoms with van der Waals surface area (Å²) in [5.74, 6) is -0.626. The van der Waals surface area contributed by atoms with Crippen LogP contribution in [0.25, 0.3) is 21.3 Å². The monoisotopic (exact) mass is 466 g/mol. The fourth-order valence-electron chi connectivity index (χ4n) is 3.28. The Hall–Kier alpha value is -3.49. The zero-order valence-electron chi connectivity index (χ0n) is 17.3. The van der Waals surface area contributed by atoms with Gasteiger partial charge in [-0.3, -0.25) is 19.5 Å². The molecule has 0 aliphatic rings. The van der Waals surface area contributed by atoms with E-state index in [9.17, 15) is 14.4 Å². The summed E-state index contributed by atoms with van der Waals surface area (Å²) in [6.45, 7) is 3.48. The first kappa shape index (κ1) is 21.7. The summed E-state index contributed by atoms with van der Waals surface area (Å²) in [6.07, 6.45) is 1.31. The van der Waals surface area contributed by atoms with Crippen molar-refractivity contribution in [3.63, 3.8) is 0 Å². The second-order valence-corrected chi connectivity index (χ2v) is 8.56. The van der Waals surface area contributed by atoms with Crippen molar-refractivity contribution >= 4 is 50.8 Å². The van der Waals surface area contributed by atoms with Gasteiger partial charge in [0.25, 0.3) is 5.56 Å². The first-order chi connectivity index (χ1) is 15.3. The van der Waals surface area contributed by atoms with Crippen molar-refractivity contribution in [1.82, 2.24) is 14.9 Å². The maximum atomic E-state index is 13.1. The number of imide groups is 1. The Morgan fingerprint density at radius 2 is 1.88 bits per heavy atom. The molecule has 4 rings (SSSR count). The molecule has 0 radical (unpaired) electrons. The molecule has 4 aromatic rings. The quantitative estimate of drug-likeness (QED) is 0.454. The number of anilines is 1. The number of aryl methyl sites for hydroxylation is 1. The Balaban J connectivity index is 1.53. The van der Waals surface area contributed by atoms with Gasteiger partial charge in [-0.1, -0.05) is 35.9 Å². The lowest BCUT2D eigenvalue weighted by molar-refractivity contribution is -0.120. The molecule has 0 spiro atoms. The van der Waals surface area contributed by atoms with E-state index in [4.69, 9.17) is 11.6 Å². The van der Waals surface area contributed by atoms with E-state index in [-0.39, 0.29) is 12.1 Å². The maximum absolute atomic E-state index is 13.1. The summed E-state index contributed by atoms with van der Waals surface area (Å²) < 4.78 is 1.19. The molecule has 0 unspecified atom stereocenters. The molecule has 2 N–H and O–H groups in total. The first-order valence-corrected chi connectivity index (χ1v) is 11.0. The number of urea groups is 1. The van der Waals surface area contributed by atoms with Gasteiger partial charge in [0.1, 0.15) is 11.4 Å². The zero-order chi connectivity index (χ0) is 22.8. The van der Waals surface area contributed by atoms with E-state index in [2.05, 4.69) is 15.6 Å². The van der Waals surface area contributed by atoms with Gasteiger partial charge < -0.3 is 5.32 Å². The van der Waals surface area contributed by atoms with Crippen LogP contribution in [0.2, 0.25) is 5.02 Å². The summed E-state index contributed by atoms with van der Waals surface area (Å²) in [5, 5.41) is 7.79. The van der Waals surface area contributed by atoms with Gasteiger partial charge in [0, 0.05) is 21.7 Å². The number of amides is 3.